The van der Waals surface area contributed by atoms with Crippen LogP contribution in [-0.2, 0) is 12.8 Å². The van der Waals surface area contributed by atoms with Crippen LogP contribution < -0.4 is 5.73 Å². The van der Waals surface area contributed by atoms with Crippen molar-refractivity contribution in [3.8, 4) is 0 Å². The molecule has 96 valence electrons. The summed E-state index contributed by atoms with van der Waals surface area (Å²) < 4.78 is 14.8. The van der Waals surface area contributed by atoms with Crippen molar-refractivity contribution in [1.29, 1.82) is 0 Å². The van der Waals surface area contributed by atoms with Gasteiger partial charge in [0.1, 0.15) is 5.82 Å². The molecule has 0 aliphatic carbocycles. The lowest BCUT2D eigenvalue weighted by atomic mass is 10.0. The Bertz CT molecular complexity index is 544. The van der Waals surface area contributed by atoms with E-state index in [9.17, 15) is 4.39 Å². The summed E-state index contributed by atoms with van der Waals surface area (Å²) in [6.07, 6.45) is 1.21. The number of halogens is 3. The molecule has 0 saturated carbocycles. The van der Waals surface area contributed by atoms with Crippen LogP contribution in [-0.4, -0.2) is 6.04 Å². The fourth-order valence-electron chi connectivity index (χ4n) is 1.77. The number of thiophene rings is 1. The van der Waals surface area contributed by atoms with Gasteiger partial charge in [0.2, 0.25) is 0 Å². The van der Waals surface area contributed by atoms with Gasteiger partial charge in [0.05, 0.1) is 5.02 Å². The van der Waals surface area contributed by atoms with Crippen LogP contribution in [0.2, 0.25) is 5.02 Å². The molecular formula is C13H12BrClFNS. The van der Waals surface area contributed by atoms with E-state index >= 15 is 0 Å². The molecule has 0 fully saturated rings. The third kappa shape index (κ3) is 3.32. The van der Waals surface area contributed by atoms with Gasteiger partial charge < -0.3 is 5.73 Å². The Labute approximate surface area is 123 Å². The largest absolute Gasteiger partial charge is 0.327 e. The maximum atomic E-state index is 13.7. The average Bonchev–Trinajstić information content (AvgIpc) is 2.71. The number of nitrogens with two attached hydrogens (primary N) is 1. The van der Waals surface area contributed by atoms with Crippen molar-refractivity contribution in [2.24, 2.45) is 5.73 Å². The van der Waals surface area contributed by atoms with E-state index in [1.54, 1.807) is 29.5 Å². The molecule has 5 heteroatoms. The van der Waals surface area contributed by atoms with Crippen LogP contribution in [0.3, 0.4) is 0 Å². The molecule has 2 aromatic rings. The van der Waals surface area contributed by atoms with Crippen molar-refractivity contribution in [1.82, 2.24) is 0 Å². The summed E-state index contributed by atoms with van der Waals surface area (Å²) in [5, 5.41) is 2.16. The van der Waals surface area contributed by atoms with Crippen LogP contribution in [0.15, 0.2) is 34.1 Å². The summed E-state index contributed by atoms with van der Waals surface area (Å²) in [4.78, 5) is 1.19. The van der Waals surface area contributed by atoms with Gasteiger partial charge in [-0.05, 0) is 51.8 Å². The second-order valence-corrected chi connectivity index (χ2v) is 6.34. The third-order valence-electron chi connectivity index (χ3n) is 2.65. The van der Waals surface area contributed by atoms with Gasteiger partial charge in [-0.3, -0.25) is 0 Å². The number of rotatable bonds is 4. The quantitative estimate of drug-likeness (QED) is 0.870. The zero-order valence-electron chi connectivity index (χ0n) is 9.50. The molecule has 1 aromatic carbocycles. The third-order valence-corrected chi connectivity index (χ3v) is 4.89. The minimum atomic E-state index is -0.361. The van der Waals surface area contributed by atoms with E-state index in [1.165, 1.54) is 4.88 Å². The topological polar surface area (TPSA) is 26.0 Å². The predicted molar refractivity (Wildman–Crippen MR) is 78.8 cm³/mol. The maximum Gasteiger partial charge on any atom is 0.145 e. The molecule has 0 spiro atoms. The highest BCUT2D eigenvalue weighted by atomic mass is 79.9. The van der Waals surface area contributed by atoms with Crippen LogP contribution in [0, 0.1) is 5.82 Å². The van der Waals surface area contributed by atoms with Crippen LogP contribution in [0.5, 0.6) is 0 Å². The Kier molecular flexibility index (Phi) is 4.78. The summed E-state index contributed by atoms with van der Waals surface area (Å²) in [5.74, 6) is -0.361. The van der Waals surface area contributed by atoms with E-state index in [2.05, 4.69) is 15.9 Å². The fraction of sp³-hybridized carbons (Fsp3) is 0.231. The first kappa shape index (κ1) is 14.0. The van der Waals surface area contributed by atoms with Crippen molar-refractivity contribution in [2.45, 2.75) is 18.9 Å². The fourth-order valence-corrected chi connectivity index (χ4v) is 3.57. The average molecular weight is 349 g/mol. The second-order valence-electron chi connectivity index (χ2n) is 4.07. The van der Waals surface area contributed by atoms with Crippen molar-refractivity contribution in [3.05, 3.63) is 55.4 Å². The van der Waals surface area contributed by atoms with Gasteiger partial charge in [-0.1, -0.05) is 23.7 Å². The summed E-state index contributed by atoms with van der Waals surface area (Å²) in [6.45, 7) is 0. The Balaban J connectivity index is 2.05. The van der Waals surface area contributed by atoms with Gasteiger partial charge in [0, 0.05) is 15.4 Å². The standard InChI is InChI=1S/C13H12BrClFNS/c14-10-4-5-18-12(10)7-9(17)6-8-2-1-3-11(15)13(8)16/h1-5,9H,6-7,17H2. The monoisotopic (exact) mass is 347 g/mol. The zero-order chi connectivity index (χ0) is 13.1. The summed E-state index contributed by atoms with van der Waals surface area (Å²) >= 11 is 10.9. The number of hydrogen-bond donors (Lipinski definition) is 1. The lowest BCUT2D eigenvalue weighted by Gasteiger charge is -2.12. The van der Waals surface area contributed by atoms with Crippen LogP contribution in [0.4, 0.5) is 4.39 Å². The molecule has 2 rings (SSSR count). The first-order chi connectivity index (χ1) is 8.58. The van der Waals surface area contributed by atoms with Crippen molar-refractivity contribution < 1.29 is 4.39 Å². The van der Waals surface area contributed by atoms with E-state index < -0.39 is 0 Å². The van der Waals surface area contributed by atoms with Gasteiger partial charge in [-0.15, -0.1) is 11.3 Å². The molecule has 18 heavy (non-hydrogen) atoms. The Hall–Kier alpha value is -0.420. The molecular weight excluding hydrogens is 337 g/mol. The highest BCUT2D eigenvalue weighted by Gasteiger charge is 2.13. The second kappa shape index (κ2) is 6.15. The lowest BCUT2D eigenvalue weighted by Crippen LogP contribution is -2.25. The molecule has 0 aliphatic heterocycles. The minimum absolute atomic E-state index is 0.118. The molecule has 0 bridgehead atoms. The maximum absolute atomic E-state index is 13.7. The Morgan fingerprint density at radius 3 is 2.78 bits per heavy atom. The van der Waals surface area contributed by atoms with Gasteiger partial charge in [-0.25, -0.2) is 4.39 Å². The molecule has 0 radical (unpaired) electrons. The van der Waals surface area contributed by atoms with Crippen molar-refractivity contribution >= 4 is 38.9 Å². The molecule has 2 N–H and O–H groups in total. The molecule has 0 saturated heterocycles. The Morgan fingerprint density at radius 2 is 2.11 bits per heavy atom. The smallest absolute Gasteiger partial charge is 0.145 e. The van der Waals surface area contributed by atoms with Crippen LogP contribution in [0.25, 0.3) is 0 Å². The van der Waals surface area contributed by atoms with E-state index in [-0.39, 0.29) is 16.9 Å². The molecule has 1 nitrogen and oxygen atoms in total. The summed E-state index contributed by atoms with van der Waals surface area (Å²) in [5.41, 5.74) is 6.63. The first-order valence-corrected chi connectivity index (χ1v) is 7.53. The van der Waals surface area contributed by atoms with E-state index in [0.717, 1.165) is 10.9 Å². The summed E-state index contributed by atoms with van der Waals surface area (Å²) in [7, 11) is 0. The highest BCUT2D eigenvalue weighted by Crippen LogP contribution is 2.25. The number of hydrogen-bond acceptors (Lipinski definition) is 2. The molecule has 0 amide bonds. The first-order valence-electron chi connectivity index (χ1n) is 5.48. The predicted octanol–water partition coefficient (Wildman–Crippen LogP) is 4.42. The SMILES string of the molecule is NC(Cc1cccc(Cl)c1F)Cc1sccc1Br. The van der Waals surface area contributed by atoms with Gasteiger partial charge in [0.25, 0.3) is 0 Å². The van der Waals surface area contributed by atoms with E-state index in [4.69, 9.17) is 17.3 Å². The highest BCUT2D eigenvalue weighted by molar-refractivity contribution is 9.10. The van der Waals surface area contributed by atoms with Crippen LogP contribution in [0.1, 0.15) is 10.4 Å². The molecule has 1 heterocycles. The lowest BCUT2D eigenvalue weighted by molar-refractivity contribution is 0.585. The minimum Gasteiger partial charge on any atom is -0.327 e. The van der Waals surface area contributed by atoms with Gasteiger partial charge in [0.15, 0.2) is 0 Å². The van der Waals surface area contributed by atoms with Gasteiger partial charge in [-0.2, -0.15) is 0 Å². The van der Waals surface area contributed by atoms with Crippen LogP contribution >= 0.6 is 38.9 Å². The van der Waals surface area contributed by atoms with Crippen molar-refractivity contribution in [2.75, 3.05) is 0 Å². The molecule has 1 unspecified atom stereocenters. The molecule has 0 aliphatic rings. The normalized spacial score (nSPS) is 12.7. The van der Waals surface area contributed by atoms with Crippen molar-refractivity contribution in [3.63, 3.8) is 0 Å². The zero-order valence-corrected chi connectivity index (χ0v) is 12.7. The van der Waals surface area contributed by atoms with Gasteiger partial charge >= 0.3 is 0 Å². The molecule has 1 atom stereocenters. The summed E-state index contributed by atoms with van der Waals surface area (Å²) in [6, 6.07) is 6.89. The van der Waals surface area contributed by atoms with E-state index in [1.807, 2.05) is 11.4 Å². The number of benzene rings is 1. The van der Waals surface area contributed by atoms with E-state index in [0.29, 0.717) is 12.0 Å². The molecule has 1 aromatic heterocycles. The Morgan fingerprint density at radius 1 is 1.33 bits per heavy atom.